The zero-order chi connectivity index (χ0) is 4.83. The summed E-state index contributed by atoms with van der Waals surface area (Å²) in [5.41, 5.74) is 0. The molecular formula is C5H14O2. The fourth-order valence-corrected chi connectivity index (χ4v) is 0.209. The molecule has 0 amide bonds. The van der Waals surface area contributed by atoms with Crippen molar-refractivity contribution in [1.82, 2.24) is 0 Å². The van der Waals surface area contributed by atoms with Crippen molar-refractivity contribution in [3.8, 4) is 0 Å². The van der Waals surface area contributed by atoms with Gasteiger partial charge in [-0.25, -0.2) is 4.89 Å². The topological polar surface area (TPSA) is 29.5 Å². The van der Waals surface area contributed by atoms with Gasteiger partial charge in [0.05, 0.1) is 6.61 Å². The molecule has 0 spiro atoms. The Morgan fingerprint density at radius 3 is 2.29 bits per heavy atom. The van der Waals surface area contributed by atoms with Crippen molar-refractivity contribution < 1.29 is 10.1 Å². The monoisotopic (exact) mass is 106 g/mol. The minimum absolute atomic E-state index is 0. The molecule has 46 valence electrons. The van der Waals surface area contributed by atoms with Crippen LogP contribution in [0.15, 0.2) is 0 Å². The van der Waals surface area contributed by atoms with Gasteiger partial charge in [-0.1, -0.05) is 20.8 Å². The first-order chi connectivity index (χ1) is 2.91. The molecular weight excluding hydrogens is 92.1 g/mol. The fraction of sp³-hybridized carbons (Fsp3) is 1.00. The SMILES string of the molecule is C.CCCCOO. The molecule has 0 saturated carbocycles. The van der Waals surface area contributed by atoms with Gasteiger partial charge in [-0.15, -0.1) is 0 Å². The van der Waals surface area contributed by atoms with Gasteiger partial charge in [0.1, 0.15) is 0 Å². The second-order valence-electron chi connectivity index (χ2n) is 1.19. The highest BCUT2D eigenvalue weighted by Gasteiger charge is 1.76. The molecule has 0 bridgehead atoms. The lowest BCUT2D eigenvalue weighted by Crippen LogP contribution is -1.84. The van der Waals surface area contributed by atoms with Crippen molar-refractivity contribution in [3.05, 3.63) is 0 Å². The van der Waals surface area contributed by atoms with Crippen LogP contribution in [0.5, 0.6) is 0 Å². The molecule has 0 aromatic carbocycles. The Hall–Kier alpha value is -0.0800. The average Bonchev–Trinajstić information content (AvgIpc) is 1.61. The Balaban J connectivity index is 0. The minimum Gasteiger partial charge on any atom is -0.252 e. The Labute approximate surface area is 45.0 Å². The molecule has 0 fully saturated rings. The van der Waals surface area contributed by atoms with E-state index in [9.17, 15) is 0 Å². The normalized spacial score (nSPS) is 7.71. The fourth-order valence-electron chi connectivity index (χ4n) is 0.209. The Bertz CT molecular complexity index is 18.0. The van der Waals surface area contributed by atoms with Gasteiger partial charge in [0.15, 0.2) is 0 Å². The van der Waals surface area contributed by atoms with Gasteiger partial charge < -0.3 is 0 Å². The second-order valence-corrected chi connectivity index (χ2v) is 1.19. The largest absolute Gasteiger partial charge is 0.252 e. The first-order valence-electron chi connectivity index (χ1n) is 2.18. The number of hydrogen-bond acceptors (Lipinski definition) is 2. The van der Waals surface area contributed by atoms with Crippen LogP contribution in [-0.2, 0) is 4.89 Å². The van der Waals surface area contributed by atoms with E-state index in [2.05, 4.69) is 4.89 Å². The van der Waals surface area contributed by atoms with E-state index < -0.39 is 0 Å². The van der Waals surface area contributed by atoms with Gasteiger partial charge in [0, 0.05) is 0 Å². The molecule has 0 aliphatic heterocycles. The zero-order valence-corrected chi connectivity index (χ0v) is 3.98. The minimum atomic E-state index is 0. The first kappa shape index (κ1) is 10.0. The van der Waals surface area contributed by atoms with Crippen molar-refractivity contribution in [2.45, 2.75) is 27.2 Å². The highest BCUT2D eigenvalue weighted by Crippen LogP contribution is 1.83. The predicted octanol–water partition coefficient (Wildman–Crippen LogP) is 1.91. The molecule has 0 aromatic heterocycles. The van der Waals surface area contributed by atoms with E-state index in [0.29, 0.717) is 6.61 Å². The summed E-state index contributed by atoms with van der Waals surface area (Å²) in [4.78, 5) is 3.78. The van der Waals surface area contributed by atoms with Crippen molar-refractivity contribution in [2.75, 3.05) is 6.61 Å². The van der Waals surface area contributed by atoms with Crippen LogP contribution in [0.4, 0.5) is 0 Å². The molecule has 0 aliphatic rings. The predicted molar refractivity (Wildman–Crippen MR) is 30.2 cm³/mol. The molecule has 0 aromatic rings. The smallest absolute Gasteiger partial charge is 0.0819 e. The summed E-state index contributed by atoms with van der Waals surface area (Å²) in [6.07, 6.45) is 2.01. The van der Waals surface area contributed by atoms with E-state index in [1.807, 2.05) is 6.92 Å². The maximum absolute atomic E-state index is 7.70. The quantitative estimate of drug-likeness (QED) is 0.338. The summed E-state index contributed by atoms with van der Waals surface area (Å²) < 4.78 is 0. The summed E-state index contributed by atoms with van der Waals surface area (Å²) in [5.74, 6) is 0. The van der Waals surface area contributed by atoms with Crippen LogP contribution in [0.25, 0.3) is 0 Å². The van der Waals surface area contributed by atoms with Crippen molar-refractivity contribution in [2.24, 2.45) is 0 Å². The van der Waals surface area contributed by atoms with Crippen molar-refractivity contribution >= 4 is 0 Å². The van der Waals surface area contributed by atoms with Crippen LogP contribution < -0.4 is 0 Å². The molecule has 0 rings (SSSR count). The zero-order valence-electron chi connectivity index (χ0n) is 3.98. The Morgan fingerprint density at radius 2 is 2.14 bits per heavy atom. The van der Waals surface area contributed by atoms with Crippen molar-refractivity contribution in [1.29, 1.82) is 0 Å². The highest BCUT2D eigenvalue weighted by atomic mass is 17.1. The van der Waals surface area contributed by atoms with Gasteiger partial charge in [0.25, 0.3) is 0 Å². The van der Waals surface area contributed by atoms with E-state index >= 15 is 0 Å². The maximum Gasteiger partial charge on any atom is 0.0819 e. The highest BCUT2D eigenvalue weighted by molar-refractivity contribution is 4.24. The van der Waals surface area contributed by atoms with Gasteiger partial charge >= 0.3 is 0 Å². The maximum atomic E-state index is 7.70. The summed E-state index contributed by atoms with van der Waals surface area (Å²) in [6, 6.07) is 0. The van der Waals surface area contributed by atoms with Crippen LogP contribution in [0.2, 0.25) is 0 Å². The lowest BCUT2D eigenvalue weighted by Gasteiger charge is -1.87. The third kappa shape index (κ3) is 10.7. The Kier molecular flexibility index (Phi) is 13.3. The average molecular weight is 106 g/mol. The molecule has 0 radical (unpaired) electrons. The van der Waals surface area contributed by atoms with Gasteiger partial charge in [0.2, 0.25) is 0 Å². The first-order valence-corrected chi connectivity index (χ1v) is 2.18. The molecule has 0 unspecified atom stereocenters. The third-order valence-corrected chi connectivity index (χ3v) is 0.589. The van der Waals surface area contributed by atoms with Gasteiger partial charge in [-0.05, 0) is 6.42 Å². The van der Waals surface area contributed by atoms with E-state index in [1.54, 1.807) is 0 Å². The van der Waals surface area contributed by atoms with Crippen LogP contribution in [-0.4, -0.2) is 11.9 Å². The molecule has 0 saturated heterocycles. The standard InChI is InChI=1S/C4H10O2.CH4/c1-2-3-4-6-5;/h5H,2-4H2,1H3;1H4. The molecule has 0 aliphatic carbocycles. The van der Waals surface area contributed by atoms with E-state index in [0.717, 1.165) is 12.8 Å². The summed E-state index contributed by atoms with van der Waals surface area (Å²) in [6.45, 7) is 2.51. The number of rotatable bonds is 3. The molecule has 7 heavy (non-hydrogen) atoms. The number of hydrogen-bond donors (Lipinski definition) is 1. The molecule has 0 atom stereocenters. The second kappa shape index (κ2) is 9.33. The van der Waals surface area contributed by atoms with Crippen LogP contribution in [0.3, 0.4) is 0 Å². The van der Waals surface area contributed by atoms with Gasteiger partial charge in [-0.2, -0.15) is 0 Å². The molecule has 2 heteroatoms. The van der Waals surface area contributed by atoms with E-state index in [-0.39, 0.29) is 7.43 Å². The number of unbranched alkanes of at least 4 members (excludes halogenated alkanes) is 1. The lowest BCUT2D eigenvalue weighted by atomic mass is 10.4. The van der Waals surface area contributed by atoms with Gasteiger partial charge in [-0.3, -0.25) is 5.26 Å². The molecule has 1 N–H and O–H groups in total. The summed E-state index contributed by atoms with van der Waals surface area (Å²) in [7, 11) is 0. The van der Waals surface area contributed by atoms with E-state index in [1.165, 1.54) is 0 Å². The Morgan fingerprint density at radius 1 is 1.57 bits per heavy atom. The summed E-state index contributed by atoms with van der Waals surface area (Å²) in [5, 5.41) is 7.70. The van der Waals surface area contributed by atoms with Crippen LogP contribution in [0.1, 0.15) is 27.2 Å². The summed E-state index contributed by atoms with van der Waals surface area (Å²) >= 11 is 0. The van der Waals surface area contributed by atoms with Crippen molar-refractivity contribution in [3.63, 3.8) is 0 Å². The molecule has 0 heterocycles. The van der Waals surface area contributed by atoms with Crippen LogP contribution in [0, 0.1) is 0 Å². The lowest BCUT2D eigenvalue weighted by molar-refractivity contribution is -0.242. The third-order valence-electron chi connectivity index (χ3n) is 0.589. The molecule has 2 nitrogen and oxygen atoms in total. The van der Waals surface area contributed by atoms with E-state index in [4.69, 9.17) is 5.26 Å². The van der Waals surface area contributed by atoms with Crippen LogP contribution >= 0.6 is 0 Å².